The van der Waals surface area contributed by atoms with E-state index in [2.05, 4.69) is 25.9 Å². The molecule has 0 bridgehead atoms. The van der Waals surface area contributed by atoms with Crippen molar-refractivity contribution in [1.29, 1.82) is 0 Å². The Labute approximate surface area is 78.8 Å². The van der Waals surface area contributed by atoms with Crippen LogP contribution in [0.5, 0.6) is 0 Å². The zero-order chi connectivity index (χ0) is 8.97. The fraction of sp³-hybridized carbons (Fsp3) is 0.571. The van der Waals surface area contributed by atoms with E-state index >= 15 is 0 Å². The number of aliphatic hydroxyl groups excluding tert-OH is 2. The highest BCUT2D eigenvalue weighted by atomic mass is 79.9. The van der Waals surface area contributed by atoms with Crippen LogP contribution in [0.4, 0.5) is 0 Å². The minimum Gasteiger partial charge on any atom is -0.390 e. The quantitative estimate of drug-likeness (QED) is 0.669. The van der Waals surface area contributed by atoms with Crippen molar-refractivity contribution in [3.63, 3.8) is 0 Å². The van der Waals surface area contributed by atoms with Crippen LogP contribution >= 0.6 is 15.9 Å². The van der Waals surface area contributed by atoms with Crippen molar-refractivity contribution in [3.8, 4) is 0 Å². The van der Waals surface area contributed by atoms with Crippen LogP contribution in [0.1, 0.15) is 18.2 Å². The summed E-state index contributed by atoms with van der Waals surface area (Å²) in [5.74, 6) is 0. The van der Waals surface area contributed by atoms with Crippen LogP contribution in [-0.2, 0) is 0 Å². The molecule has 0 saturated heterocycles. The van der Waals surface area contributed by atoms with Gasteiger partial charge in [-0.1, -0.05) is 15.9 Å². The van der Waals surface area contributed by atoms with Crippen molar-refractivity contribution in [2.75, 3.05) is 5.33 Å². The van der Waals surface area contributed by atoms with Gasteiger partial charge in [-0.25, -0.2) is 4.98 Å². The number of alkyl halides is 1. The summed E-state index contributed by atoms with van der Waals surface area (Å²) in [6, 6.07) is 0. The van der Waals surface area contributed by atoms with Crippen LogP contribution < -0.4 is 0 Å². The molecule has 1 heterocycles. The van der Waals surface area contributed by atoms with Gasteiger partial charge in [0.15, 0.2) is 0 Å². The van der Waals surface area contributed by atoms with Crippen molar-refractivity contribution >= 4 is 15.9 Å². The predicted octanol–water partition coefficient (Wildman–Crippen LogP) is 0.589. The van der Waals surface area contributed by atoms with Gasteiger partial charge >= 0.3 is 0 Å². The first-order chi connectivity index (χ1) is 5.75. The third-order valence-corrected chi connectivity index (χ3v) is 2.07. The molecule has 1 aromatic heterocycles. The molecule has 0 aliphatic carbocycles. The summed E-state index contributed by atoms with van der Waals surface area (Å²) >= 11 is 3.18. The Morgan fingerprint density at radius 2 is 2.33 bits per heavy atom. The minimum atomic E-state index is -0.870. The average Bonchev–Trinajstić information content (AvgIpc) is 2.55. The molecule has 0 radical (unpaired) electrons. The molecule has 1 aromatic rings. The number of H-pyrrole nitrogens is 1. The predicted molar refractivity (Wildman–Crippen MR) is 48.0 cm³/mol. The fourth-order valence-electron chi connectivity index (χ4n) is 0.905. The van der Waals surface area contributed by atoms with Crippen molar-refractivity contribution in [1.82, 2.24) is 9.97 Å². The Hall–Kier alpha value is -0.390. The van der Waals surface area contributed by atoms with Gasteiger partial charge in [0.2, 0.25) is 0 Å². The molecule has 2 atom stereocenters. The molecule has 4 nitrogen and oxygen atoms in total. The number of nitrogens with zero attached hydrogens (tertiary/aromatic N) is 1. The van der Waals surface area contributed by atoms with Gasteiger partial charge in [-0.2, -0.15) is 0 Å². The normalized spacial score (nSPS) is 15.9. The first-order valence-electron chi connectivity index (χ1n) is 3.66. The van der Waals surface area contributed by atoms with E-state index in [4.69, 9.17) is 0 Å². The Balaban J connectivity index is 2.53. The number of hydrogen-bond acceptors (Lipinski definition) is 3. The molecule has 0 fully saturated rings. The van der Waals surface area contributed by atoms with Crippen LogP contribution in [0.2, 0.25) is 0 Å². The van der Waals surface area contributed by atoms with E-state index in [0.717, 1.165) is 0 Å². The van der Waals surface area contributed by atoms with E-state index in [1.165, 1.54) is 12.5 Å². The molecule has 0 aliphatic heterocycles. The number of aliphatic hydroxyl groups is 2. The second-order valence-electron chi connectivity index (χ2n) is 2.50. The number of aromatic amines is 1. The van der Waals surface area contributed by atoms with Gasteiger partial charge in [0, 0.05) is 5.33 Å². The molecule has 3 N–H and O–H groups in total. The van der Waals surface area contributed by atoms with Crippen LogP contribution in [0.3, 0.4) is 0 Å². The van der Waals surface area contributed by atoms with Gasteiger partial charge in [-0.3, -0.25) is 0 Å². The lowest BCUT2D eigenvalue weighted by Crippen LogP contribution is -2.18. The van der Waals surface area contributed by atoms with Gasteiger partial charge in [0.05, 0.1) is 24.3 Å². The molecule has 2 unspecified atom stereocenters. The van der Waals surface area contributed by atoms with E-state index in [9.17, 15) is 10.2 Å². The summed E-state index contributed by atoms with van der Waals surface area (Å²) in [5, 5.41) is 19.5. The Bertz CT molecular complexity index is 215. The number of aromatic nitrogens is 2. The Morgan fingerprint density at radius 1 is 1.58 bits per heavy atom. The van der Waals surface area contributed by atoms with E-state index in [0.29, 0.717) is 17.4 Å². The summed E-state index contributed by atoms with van der Waals surface area (Å²) in [7, 11) is 0. The SMILES string of the molecule is OC(CCBr)C(O)c1cnc[nH]1. The van der Waals surface area contributed by atoms with E-state index < -0.39 is 12.2 Å². The summed E-state index contributed by atoms with van der Waals surface area (Å²) in [5.41, 5.74) is 0.545. The average molecular weight is 235 g/mol. The molecule has 0 spiro atoms. The van der Waals surface area contributed by atoms with E-state index in [1.807, 2.05) is 0 Å². The lowest BCUT2D eigenvalue weighted by molar-refractivity contribution is 0.0150. The highest BCUT2D eigenvalue weighted by Crippen LogP contribution is 2.16. The van der Waals surface area contributed by atoms with Crippen molar-refractivity contribution in [2.24, 2.45) is 0 Å². The Kier molecular flexibility index (Phi) is 3.71. The molecule has 0 amide bonds. The topological polar surface area (TPSA) is 69.1 Å². The molecule has 68 valence electrons. The molecule has 0 aromatic carbocycles. The van der Waals surface area contributed by atoms with Crippen LogP contribution in [0.15, 0.2) is 12.5 Å². The maximum absolute atomic E-state index is 9.47. The number of imidazole rings is 1. The van der Waals surface area contributed by atoms with Crippen molar-refractivity contribution < 1.29 is 10.2 Å². The fourth-order valence-corrected chi connectivity index (χ4v) is 1.37. The van der Waals surface area contributed by atoms with Gasteiger partial charge < -0.3 is 15.2 Å². The zero-order valence-electron chi connectivity index (χ0n) is 6.44. The second-order valence-corrected chi connectivity index (χ2v) is 3.29. The highest BCUT2D eigenvalue weighted by molar-refractivity contribution is 9.09. The van der Waals surface area contributed by atoms with Gasteiger partial charge in [0.1, 0.15) is 6.10 Å². The lowest BCUT2D eigenvalue weighted by atomic mass is 10.1. The van der Waals surface area contributed by atoms with Crippen LogP contribution in [0, 0.1) is 0 Å². The molecule has 1 rings (SSSR count). The standard InChI is InChI=1S/C7H11BrN2O2/c8-2-1-6(11)7(12)5-3-9-4-10-5/h3-4,6-7,11-12H,1-2H2,(H,9,10). The molecular formula is C7H11BrN2O2. The first-order valence-corrected chi connectivity index (χ1v) is 4.78. The summed E-state index contributed by atoms with van der Waals surface area (Å²) in [6.45, 7) is 0. The van der Waals surface area contributed by atoms with Crippen LogP contribution in [0.25, 0.3) is 0 Å². The molecule has 5 heteroatoms. The lowest BCUT2D eigenvalue weighted by Gasteiger charge is -2.14. The second kappa shape index (κ2) is 4.59. The monoisotopic (exact) mass is 234 g/mol. The van der Waals surface area contributed by atoms with E-state index in [1.54, 1.807) is 0 Å². The molecule has 12 heavy (non-hydrogen) atoms. The zero-order valence-corrected chi connectivity index (χ0v) is 8.03. The Morgan fingerprint density at radius 3 is 2.83 bits per heavy atom. The first kappa shape index (κ1) is 9.70. The number of hydrogen-bond donors (Lipinski definition) is 3. The van der Waals surface area contributed by atoms with Crippen molar-refractivity contribution in [3.05, 3.63) is 18.2 Å². The van der Waals surface area contributed by atoms with E-state index in [-0.39, 0.29) is 0 Å². The van der Waals surface area contributed by atoms with Crippen LogP contribution in [-0.4, -0.2) is 31.6 Å². The summed E-state index contributed by atoms with van der Waals surface area (Å²) < 4.78 is 0. The third kappa shape index (κ3) is 2.30. The molecule has 0 saturated carbocycles. The number of halogens is 1. The molecular weight excluding hydrogens is 224 g/mol. The smallest absolute Gasteiger partial charge is 0.121 e. The maximum atomic E-state index is 9.47. The largest absolute Gasteiger partial charge is 0.390 e. The summed E-state index contributed by atoms with van der Waals surface area (Å²) in [6.07, 6.45) is 1.87. The third-order valence-electron chi connectivity index (χ3n) is 1.61. The number of rotatable bonds is 4. The minimum absolute atomic E-state index is 0.514. The maximum Gasteiger partial charge on any atom is 0.121 e. The van der Waals surface area contributed by atoms with Gasteiger partial charge in [-0.05, 0) is 6.42 Å². The highest BCUT2D eigenvalue weighted by Gasteiger charge is 2.18. The van der Waals surface area contributed by atoms with Crippen molar-refractivity contribution in [2.45, 2.75) is 18.6 Å². The summed E-state index contributed by atoms with van der Waals surface area (Å²) in [4.78, 5) is 6.49. The van der Waals surface area contributed by atoms with Gasteiger partial charge in [-0.15, -0.1) is 0 Å². The number of nitrogens with one attached hydrogen (secondary N) is 1. The van der Waals surface area contributed by atoms with Gasteiger partial charge in [0.25, 0.3) is 0 Å². The molecule has 0 aliphatic rings.